The van der Waals surface area contributed by atoms with Gasteiger partial charge in [-0.05, 0) is 78.8 Å². The summed E-state index contributed by atoms with van der Waals surface area (Å²) in [6, 6.07) is 14.6. The molecule has 0 bridgehead atoms. The minimum atomic E-state index is -0.862. The Bertz CT molecular complexity index is 834. The van der Waals surface area contributed by atoms with E-state index in [-0.39, 0.29) is 0 Å². The molecular weight excluding hydrogens is 324 g/mol. The topological polar surface area (TPSA) is 61.4 Å². The van der Waals surface area contributed by atoms with E-state index in [2.05, 4.69) is 41.0 Å². The van der Waals surface area contributed by atoms with Gasteiger partial charge in [0.2, 0.25) is 0 Å². The third-order valence-corrected chi connectivity index (χ3v) is 5.27. The van der Waals surface area contributed by atoms with Gasteiger partial charge in [0.15, 0.2) is 0 Å². The summed E-state index contributed by atoms with van der Waals surface area (Å²) in [5.74, 6) is -0.862. The first-order chi connectivity index (χ1) is 12.7. The zero-order valence-electron chi connectivity index (χ0n) is 14.8. The zero-order chi connectivity index (χ0) is 17.9. The van der Waals surface area contributed by atoms with Crippen LogP contribution >= 0.6 is 0 Å². The summed E-state index contributed by atoms with van der Waals surface area (Å²) >= 11 is 0. The SMILES string of the molecule is O=C(O)c1ccc2c(c1)CCCC=C2c1ccc(N[C@H]2CCNC2)cc1. The van der Waals surface area contributed by atoms with Gasteiger partial charge in [-0.15, -0.1) is 0 Å². The molecule has 26 heavy (non-hydrogen) atoms. The van der Waals surface area contributed by atoms with Gasteiger partial charge < -0.3 is 15.7 Å². The van der Waals surface area contributed by atoms with E-state index < -0.39 is 5.97 Å². The van der Waals surface area contributed by atoms with Crippen LogP contribution in [0.5, 0.6) is 0 Å². The van der Waals surface area contributed by atoms with Crippen molar-refractivity contribution in [1.82, 2.24) is 5.32 Å². The number of hydrogen-bond donors (Lipinski definition) is 3. The number of aromatic carboxylic acids is 1. The molecule has 1 aliphatic carbocycles. The van der Waals surface area contributed by atoms with E-state index in [1.165, 1.54) is 11.1 Å². The smallest absolute Gasteiger partial charge is 0.335 e. The van der Waals surface area contributed by atoms with Crippen molar-refractivity contribution >= 4 is 17.2 Å². The average molecular weight is 348 g/mol. The molecule has 134 valence electrons. The molecule has 1 saturated heterocycles. The van der Waals surface area contributed by atoms with Crippen molar-refractivity contribution in [3.8, 4) is 0 Å². The van der Waals surface area contributed by atoms with Gasteiger partial charge in [-0.25, -0.2) is 4.79 Å². The van der Waals surface area contributed by atoms with E-state index in [0.717, 1.165) is 55.6 Å². The predicted octanol–water partition coefficient (Wildman–Crippen LogP) is 3.93. The first-order valence-electron chi connectivity index (χ1n) is 9.35. The number of benzene rings is 2. The van der Waals surface area contributed by atoms with Gasteiger partial charge >= 0.3 is 5.97 Å². The quantitative estimate of drug-likeness (QED) is 0.783. The summed E-state index contributed by atoms with van der Waals surface area (Å²) in [4.78, 5) is 11.3. The van der Waals surface area contributed by atoms with Crippen LogP contribution in [-0.4, -0.2) is 30.2 Å². The van der Waals surface area contributed by atoms with Crippen molar-refractivity contribution in [3.63, 3.8) is 0 Å². The van der Waals surface area contributed by atoms with Crippen LogP contribution in [0.4, 0.5) is 5.69 Å². The fourth-order valence-electron chi connectivity index (χ4n) is 3.88. The first kappa shape index (κ1) is 16.9. The monoisotopic (exact) mass is 348 g/mol. The second-order valence-electron chi connectivity index (χ2n) is 7.10. The maximum atomic E-state index is 11.3. The van der Waals surface area contributed by atoms with Crippen LogP contribution in [0.25, 0.3) is 5.57 Å². The molecule has 2 aromatic carbocycles. The summed E-state index contributed by atoms with van der Waals surface area (Å²) < 4.78 is 0. The highest BCUT2D eigenvalue weighted by Gasteiger charge is 2.16. The summed E-state index contributed by atoms with van der Waals surface area (Å²) in [7, 11) is 0. The Balaban J connectivity index is 1.61. The van der Waals surface area contributed by atoms with E-state index in [1.807, 2.05) is 12.1 Å². The van der Waals surface area contributed by atoms with Gasteiger partial charge in [-0.2, -0.15) is 0 Å². The van der Waals surface area contributed by atoms with E-state index in [9.17, 15) is 9.90 Å². The second-order valence-corrected chi connectivity index (χ2v) is 7.10. The van der Waals surface area contributed by atoms with Gasteiger partial charge in [-0.3, -0.25) is 0 Å². The van der Waals surface area contributed by atoms with Crippen molar-refractivity contribution in [2.45, 2.75) is 31.7 Å². The van der Waals surface area contributed by atoms with Crippen LogP contribution in [0, 0.1) is 0 Å². The van der Waals surface area contributed by atoms with Gasteiger partial charge in [0.1, 0.15) is 0 Å². The first-order valence-corrected chi connectivity index (χ1v) is 9.35. The molecule has 2 aromatic rings. The van der Waals surface area contributed by atoms with Gasteiger partial charge in [0, 0.05) is 18.3 Å². The molecule has 1 aliphatic heterocycles. The maximum absolute atomic E-state index is 11.3. The number of carbonyl (C=O) groups is 1. The molecule has 1 atom stereocenters. The number of fused-ring (bicyclic) bond motifs is 1. The van der Waals surface area contributed by atoms with Crippen molar-refractivity contribution in [2.24, 2.45) is 0 Å². The number of nitrogens with one attached hydrogen (secondary N) is 2. The number of hydrogen-bond acceptors (Lipinski definition) is 3. The summed E-state index contributed by atoms with van der Waals surface area (Å²) in [6.45, 7) is 2.10. The summed E-state index contributed by atoms with van der Waals surface area (Å²) in [5.41, 5.74) is 6.21. The number of carboxylic acid groups (broad SMARTS) is 1. The Morgan fingerprint density at radius 3 is 2.73 bits per heavy atom. The Hall–Kier alpha value is -2.59. The van der Waals surface area contributed by atoms with Crippen molar-refractivity contribution in [1.29, 1.82) is 0 Å². The maximum Gasteiger partial charge on any atom is 0.335 e. The van der Waals surface area contributed by atoms with Crippen LogP contribution in [0.15, 0.2) is 48.5 Å². The molecule has 0 amide bonds. The summed E-state index contributed by atoms with van der Waals surface area (Å²) in [5, 5.41) is 16.2. The van der Waals surface area contributed by atoms with Crippen molar-refractivity contribution in [2.75, 3.05) is 18.4 Å². The van der Waals surface area contributed by atoms with Crippen molar-refractivity contribution in [3.05, 3.63) is 70.8 Å². The van der Waals surface area contributed by atoms with E-state index in [1.54, 1.807) is 6.07 Å². The minimum Gasteiger partial charge on any atom is -0.478 e. The molecule has 0 radical (unpaired) electrons. The van der Waals surface area contributed by atoms with Crippen molar-refractivity contribution < 1.29 is 9.90 Å². The normalized spacial score (nSPS) is 19.4. The third kappa shape index (κ3) is 3.51. The number of carboxylic acids is 1. The molecule has 0 saturated carbocycles. The lowest BCUT2D eigenvalue weighted by Crippen LogP contribution is -2.21. The van der Waals surface area contributed by atoms with Crippen LogP contribution < -0.4 is 10.6 Å². The fourth-order valence-corrected chi connectivity index (χ4v) is 3.88. The zero-order valence-corrected chi connectivity index (χ0v) is 14.8. The number of rotatable bonds is 4. The molecule has 0 unspecified atom stereocenters. The molecule has 0 aromatic heterocycles. The lowest BCUT2D eigenvalue weighted by Gasteiger charge is -2.15. The molecule has 2 aliphatic rings. The highest BCUT2D eigenvalue weighted by atomic mass is 16.4. The molecule has 0 spiro atoms. The molecule has 4 heteroatoms. The van der Waals surface area contributed by atoms with Gasteiger partial charge in [-0.1, -0.05) is 24.3 Å². The van der Waals surface area contributed by atoms with Gasteiger partial charge in [0.25, 0.3) is 0 Å². The molecule has 1 heterocycles. The number of aryl methyl sites for hydroxylation is 1. The Morgan fingerprint density at radius 1 is 1.15 bits per heavy atom. The Kier molecular flexibility index (Phi) is 4.76. The molecule has 1 fully saturated rings. The highest BCUT2D eigenvalue weighted by molar-refractivity contribution is 5.90. The van der Waals surface area contributed by atoms with Crippen LogP contribution in [0.2, 0.25) is 0 Å². The molecule has 4 nitrogen and oxygen atoms in total. The van der Waals surface area contributed by atoms with Crippen LogP contribution in [0.1, 0.15) is 46.3 Å². The standard InChI is InChI=1S/C22H24N2O2/c25-22(26)17-7-10-21-16(13-17)3-1-2-4-20(21)15-5-8-18(9-6-15)24-19-11-12-23-14-19/h4-10,13,19,23-24H,1-3,11-12,14H2,(H,25,26)/t19-/m0/s1. The van der Waals surface area contributed by atoms with Crippen LogP contribution in [0.3, 0.4) is 0 Å². The average Bonchev–Trinajstić information content (AvgIpc) is 3.07. The Labute approximate surface area is 153 Å². The Morgan fingerprint density at radius 2 is 2.00 bits per heavy atom. The highest BCUT2D eigenvalue weighted by Crippen LogP contribution is 2.32. The van der Waals surface area contributed by atoms with Gasteiger partial charge in [0.05, 0.1) is 5.56 Å². The number of allylic oxidation sites excluding steroid dienone is 1. The fraction of sp³-hybridized carbons (Fsp3) is 0.318. The lowest BCUT2D eigenvalue weighted by molar-refractivity contribution is 0.0696. The predicted molar refractivity (Wildman–Crippen MR) is 105 cm³/mol. The lowest BCUT2D eigenvalue weighted by atomic mass is 9.92. The van der Waals surface area contributed by atoms with E-state index in [0.29, 0.717) is 11.6 Å². The third-order valence-electron chi connectivity index (χ3n) is 5.27. The number of anilines is 1. The largest absolute Gasteiger partial charge is 0.478 e. The van der Waals surface area contributed by atoms with E-state index >= 15 is 0 Å². The molecule has 4 rings (SSSR count). The minimum absolute atomic E-state index is 0.370. The molecule has 3 N–H and O–H groups in total. The van der Waals surface area contributed by atoms with Crippen LogP contribution in [-0.2, 0) is 6.42 Å². The second kappa shape index (κ2) is 7.34. The summed E-state index contributed by atoms with van der Waals surface area (Å²) in [6.07, 6.45) is 6.43. The molecular formula is C22H24N2O2. The van der Waals surface area contributed by atoms with E-state index in [4.69, 9.17) is 0 Å².